The van der Waals surface area contributed by atoms with Gasteiger partial charge >= 0.3 is 0 Å². The van der Waals surface area contributed by atoms with Crippen molar-refractivity contribution in [3.63, 3.8) is 0 Å². The van der Waals surface area contributed by atoms with Gasteiger partial charge in [-0.25, -0.2) is 4.98 Å². The molecule has 2 N–H and O–H groups in total. The number of H-pyrrole nitrogens is 1. The number of benzene rings is 1. The zero-order chi connectivity index (χ0) is 13.2. The van der Waals surface area contributed by atoms with Crippen LogP contribution in [0.25, 0.3) is 10.9 Å². The molecule has 0 saturated carbocycles. The van der Waals surface area contributed by atoms with Gasteiger partial charge < -0.3 is 5.32 Å². The second kappa shape index (κ2) is 4.66. The summed E-state index contributed by atoms with van der Waals surface area (Å²) in [5.41, 5.74) is 1.20. The van der Waals surface area contributed by atoms with Crippen molar-refractivity contribution < 1.29 is 4.79 Å². The van der Waals surface area contributed by atoms with E-state index in [2.05, 4.69) is 25.5 Å². The van der Waals surface area contributed by atoms with Gasteiger partial charge in [-0.2, -0.15) is 5.10 Å². The zero-order valence-corrected chi connectivity index (χ0v) is 10.3. The van der Waals surface area contributed by atoms with Crippen LogP contribution in [0.3, 0.4) is 0 Å². The van der Waals surface area contributed by atoms with E-state index in [1.807, 2.05) is 6.07 Å². The van der Waals surface area contributed by atoms with Crippen LogP contribution in [0.15, 0.2) is 36.8 Å². The van der Waals surface area contributed by atoms with Gasteiger partial charge in [-0.05, 0) is 24.3 Å². The summed E-state index contributed by atoms with van der Waals surface area (Å²) in [6.07, 6.45) is 2.91. The van der Waals surface area contributed by atoms with Crippen LogP contribution in [0.1, 0.15) is 10.6 Å². The van der Waals surface area contributed by atoms with Crippen molar-refractivity contribution in [1.29, 1.82) is 0 Å². The van der Waals surface area contributed by atoms with Crippen molar-refractivity contribution in [3.05, 3.63) is 47.6 Å². The molecular formula is C12H8ClN5O. The van der Waals surface area contributed by atoms with E-state index in [0.29, 0.717) is 16.2 Å². The predicted octanol–water partition coefficient (Wildman–Crippen LogP) is 2.26. The van der Waals surface area contributed by atoms with Gasteiger partial charge in [-0.1, -0.05) is 11.6 Å². The first-order valence-corrected chi connectivity index (χ1v) is 5.83. The van der Waals surface area contributed by atoms with Gasteiger partial charge in [-0.15, -0.1) is 0 Å². The second-order valence-corrected chi connectivity index (χ2v) is 4.19. The van der Waals surface area contributed by atoms with Crippen molar-refractivity contribution in [2.45, 2.75) is 0 Å². The van der Waals surface area contributed by atoms with E-state index >= 15 is 0 Å². The Bertz CT molecular complexity index is 741. The molecule has 7 heteroatoms. The lowest BCUT2D eigenvalue weighted by Gasteiger charge is -2.07. The molecule has 0 aliphatic rings. The molecule has 6 nitrogen and oxygen atoms in total. The number of nitrogens with one attached hydrogen (secondary N) is 2. The Morgan fingerprint density at radius 1 is 1.26 bits per heavy atom. The van der Waals surface area contributed by atoms with Gasteiger partial charge in [0.1, 0.15) is 6.33 Å². The first-order valence-electron chi connectivity index (χ1n) is 5.45. The minimum absolute atomic E-state index is 0.138. The van der Waals surface area contributed by atoms with Crippen LogP contribution in [-0.4, -0.2) is 26.1 Å². The normalized spacial score (nSPS) is 10.6. The Kier molecular flexibility index (Phi) is 2.85. The quantitative estimate of drug-likeness (QED) is 0.750. The molecule has 19 heavy (non-hydrogen) atoms. The average Bonchev–Trinajstić information content (AvgIpc) is 2.96. The number of pyridine rings is 1. The highest BCUT2D eigenvalue weighted by Crippen LogP contribution is 2.28. The SMILES string of the molecule is O=C(Nc1ccc(Cl)c2cccnc12)c1ncn[nH]1. The molecule has 0 spiro atoms. The van der Waals surface area contributed by atoms with Crippen LogP contribution in [0.5, 0.6) is 0 Å². The van der Waals surface area contributed by atoms with Gasteiger partial charge in [0.2, 0.25) is 5.82 Å². The van der Waals surface area contributed by atoms with Crippen molar-refractivity contribution in [3.8, 4) is 0 Å². The van der Waals surface area contributed by atoms with Crippen LogP contribution in [0, 0.1) is 0 Å². The molecule has 0 atom stereocenters. The molecule has 0 saturated heterocycles. The van der Waals surface area contributed by atoms with Gasteiger partial charge in [0, 0.05) is 11.6 Å². The molecule has 2 aromatic heterocycles. The number of carbonyl (C=O) groups is 1. The van der Waals surface area contributed by atoms with Crippen molar-refractivity contribution in [2.24, 2.45) is 0 Å². The van der Waals surface area contributed by atoms with Crippen LogP contribution in [0.4, 0.5) is 5.69 Å². The van der Waals surface area contributed by atoms with E-state index in [1.54, 1.807) is 24.4 Å². The Labute approximate surface area is 112 Å². The van der Waals surface area contributed by atoms with Crippen molar-refractivity contribution in [2.75, 3.05) is 5.32 Å². The summed E-state index contributed by atoms with van der Waals surface area (Å²) in [5.74, 6) is -0.245. The van der Waals surface area contributed by atoms with Crippen LogP contribution < -0.4 is 5.32 Å². The van der Waals surface area contributed by atoms with E-state index in [1.165, 1.54) is 6.33 Å². The largest absolute Gasteiger partial charge is 0.317 e. The van der Waals surface area contributed by atoms with Gasteiger partial charge in [0.15, 0.2) is 0 Å². The van der Waals surface area contributed by atoms with Gasteiger partial charge in [0.25, 0.3) is 5.91 Å². The Morgan fingerprint density at radius 2 is 2.16 bits per heavy atom. The van der Waals surface area contributed by atoms with Crippen LogP contribution in [0.2, 0.25) is 5.02 Å². The van der Waals surface area contributed by atoms with Gasteiger partial charge in [-0.3, -0.25) is 14.9 Å². The summed E-state index contributed by atoms with van der Waals surface area (Å²) >= 11 is 6.08. The molecule has 2 heterocycles. The first kappa shape index (κ1) is 11.6. The minimum Gasteiger partial charge on any atom is -0.317 e. The third-order valence-electron chi connectivity index (χ3n) is 2.59. The monoisotopic (exact) mass is 273 g/mol. The number of hydrogen-bond acceptors (Lipinski definition) is 4. The molecule has 1 aromatic carbocycles. The number of aromatic amines is 1. The van der Waals surface area contributed by atoms with E-state index < -0.39 is 0 Å². The standard InChI is InChI=1S/C12H8ClN5O/c13-8-3-4-9(10-7(8)2-1-5-14-10)17-12(19)11-15-6-16-18-11/h1-6H,(H,17,19)(H,15,16,18). The fourth-order valence-electron chi connectivity index (χ4n) is 1.74. The Balaban J connectivity index is 2.02. The van der Waals surface area contributed by atoms with Gasteiger partial charge in [0.05, 0.1) is 16.2 Å². The Morgan fingerprint density at radius 3 is 2.95 bits per heavy atom. The zero-order valence-electron chi connectivity index (χ0n) is 9.59. The maximum absolute atomic E-state index is 11.9. The maximum Gasteiger partial charge on any atom is 0.293 e. The highest BCUT2D eigenvalue weighted by molar-refractivity contribution is 6.36. The summed E-state index contributed by atoms with van der Waals surface area (Å²) in [6, 6.07) is 7.04. The number of aromatic nitrogens is 4. The fourth-order valence-corrected chi connectivity index (χ4v) is 1.95. The van der Waals surface area contributed by atoms with E-state index in [0.717, 1.165) is 5.39 Å². The van der Waals surface area contributed by atoms with Crippen LogP contribution in [-0.2, 0) is 0 Å². The average molecular weight is 274 g/mol. The minimum atomic E-state index is -0.383. The summed E-state index contributed by atoms with van der Waals surface area (Å²) < 4.78 is 0. The number of carbonyl (C=O) groups excluding carboxylic acids is 1. The molecule has 0 aliphatic carbocycles. The molecule has 0 unspecified atom stereocenters. The highest BCUT2D eigenvalue weighted by Gasteiger charge is 2.12. The number of amides is 1. The Hall–Kier alpha value is -2.47. The molecule has 94 valence electrons. The molecule has 0 bridgehead atoms. The lowest BCUT2D eigenvalue weighted by molar-refractivity contribution is 0.101. The lowest BCUT2D eigenvalue weighted by atomic mass is 10.2. The van der Waals surface area contributed by atoms with E-state index in [9.17, 15) is 4.79 Å². The number of anilines is 1. The molecule has 0 radical (unpaired) electrons. The molecular weight excluding hydrogens is 266 g/mol. The van der Waals surface area contributed by atoms with E-state index in [4.69, 9.17) is 11.6 Å². The summed E-state index contributed by atoms with van der Waals surface area (Å²) in [5, 5.41) is 10.2. The third kappa shape index (κ3) is 2.13. The first-order chi connectivity index (χ1) is 9.25. The molecule has 1 amide bonds. The number of fused-ring (bicyclic) bond motifs is 1. The number of rotatable bonds is 2. The maximum atomic E-state index is 11.9. The molecule has 3 rings (SSSR count). The summed E-state index contributed by atoms with van der Waals surface area (Å²) in [6.45, 7) is 0. The van der Waals surface area contributed by atoms with Crippen LogP contribution >= 0.6 is 11.6 Å². The summed E-state index contributed by atoms with van der Waals surface area (Å²) in [7, 11) is 0. The van der Waals surface area contributed by atoms with E-state index in [-0.39, 0.29) is 11.7 Å². The lowest BCUT2D eigenvalue weighted by Crippen LogP contribution is -2.14. The molecule has 0 aliphatic heterocycles. The second-order valence-electron chi connectivity index (χ2n) is 3.78. The summed E-state index contributed by atoms with van der Waals surface area (Å²) in [4.78, 5) is 19.9. The predicted molar refractivity (Wildman–Crippen MR) is 71.1 cm³/mol. The smallest absolute Gasteiger partial charge is 0.293 e. The number of nitrogens with zero attached hydrogens (tertiary/aromatic N) is 3. The number of hydrogen-bond donors (Lipinski definition) is 2. The number of halogens is 1. The molecule has 0 fully saturated rings. The molecule has 3 aromatic rings. The van der Waals surface area contributed by atoms with Crippen molar-refractivity contribution >= 4 is 34.1 Å². The topological polar surface area (TPSA) is 83.6 Å². The van der Waals surface area contributed by atoms with Crippen molar-refractivity contribution in [1.82, 2.24) is 20.2 Å². The fraction of sp³-hybridized carbons (Fsp3) is 0. The highest BCUT2D eigenvalue weighted by atomic mass is 35.5. The third-order valence-corrected chi connectivity index (χ3v) is 2.92.